The second-order valence-electron chi connectivity index (χ2n) is 7.26. The Morgan fingerprint density at radius 2 is 1.71 bits per heavy atom. The van der Waals surface area contributed by atoms with Crippen LogP contribution in [-0.2, 0) is 4.79 Å². The summed E-state index contributed by atoms with van der Waals surface area (Å²) in [5, 5.41) is 0. The smallest absolute Gasteiger partial charge is 0.223 e. The van der Waals surface area contributed by atoms with E-state index in [0.29, 0.717) is 43.4 Å². The summed E-state index contributed by atoms with van der Waals surface area (Å²) in [6.07, 6.45) is 0.349. The largest absolute Gasteiger partial charge is 0.486 e. The second kappa shape index (κ2) is 8.02. The predicted molar refractivity (Wildman–Crippen MR) is 105 cm³/mol. The lowest BCUT2D eigenvalue weighted by molar-refractivity contribution is -0.130. The van der Waals surface area contributed by atoms with Crippen LogP contribution in [0.25, 0.3) is 0 Å². The first kappa shape index (κ1) is 18.5. The van der Waals surface area contributed by atoms with E-state index in [9.17, 15) is 9.59 Å². The van der Waals surface area contributed by atoms with Gasteiger partial charge in [-0.15, -0.1) is 0 Å². The minimum atomic E-state index is -0.0835. The van der Waals surface area contributed by atoms with Crippen molar-refractivity contribution in [3.63, 3.8) is 0 Å². The number of ketones is 1. The maximum absolute atomic E-state index is 12.6. The maximum Gasteiger partial charge on any atom is 0.223 e. The number of hydrogen-bond donors (Lipinski definition) is 1. The fourth-order valence-electron chi connectivity index (χ4n) is 3.83. The van der Waals surface area contributed by atoms with E-state index in [1.54, 1.807) is 23.1 Å². The molecule has 0 unspecified atom stereocenters. The molecule has 146 valence electrons. The zero-order valence-electron chi connectivity index (χ0n) is 15.7. The minimum absolute atomic E-state index is 0.0280. The van der Waals surface area contributed by atoms with Gasteiger partial charge in [-0.05, 0) is 23.8 Å². The van der Waals surface area contributed by atoms with Crippen molar-refractivity contribution < 1.29 is 19.1 Å². The van der Waals surface area contributed by atoms with Gasteiger partial charge in [-0.3, -0.25) is 9.59 Å². The molecule has 0 aliphatic carbocycles. The number of amides is 1. The topological polar surface area (TPSA) is 81.9 Å². The van der Waals surface area contributed by atoms with Crippen LogP contribution in [0.1, 0.15) is 34.7 Å². The third kappa shape index (κ3) is 3.87. The molecule has 2 atom stereocenters. The molecule has 28 heavy (non-hydrogen) atoms. The van der Waals surface area contributed by atoms with Crippen molar-refractivity contribution in [1.82, 2.24) is 4.90 Å². The Morgan fingerprint density at radius 1 is 0.964 bits per heavy atom. The molecule has 2 heterocycles. The van der Waals surface area contributed by atoms with Crippen LogP contribution in [0.15, 0.2) is 48.5 Å². The number of benzene rings is 2. The van der Waals surface area contributed by atoms with Crippen LogP contribution in [0, 0.1) is 0 Å². The number of likely N-dealkylation sites (tertiary alicyclic amines) is 1. The number of hydrogen-bond acceptors (Lipinski definition) is 5. The highest BCUT2D eigenvalue weighted by Crippen LogP contribution is 2.31. The molecule has 1 amide bonds. The molecule has 2 aliphatic rings. The number of ether oxygens (including phenoxy) is 2. The van der Waals surface area contributed by atoms with E-state index in [4.69, 9.17) is 15.2 Å². The minimum Gasteiger partial charge on any atom is -0.486 e. The van der Waals surface area contributed by atoms with E-state index in [1.165, 1.54) is 0 Å². The highest BCUT2D eigenvalue weighted by atomic mass is 16.6. The molecule has 0 spiro atoms. The van der Waals surface area contributed by atoms with Crippen molar-refractivity contribution in [3.8, 4) is 11.5 Å². The molecule has 0 saturated carbocycles. The quantitative estimate of drug-likeness (QED) is 0.806. The molecule has 6 nitrogen and oxygen atoms in total. The van der Waals surface area contributed by atoms with Gasteiger partial charge in [-0.1, -0.05) is 30.3 Å². The molecule has 2 aromatic rings. The van der Waals surface area contributed by atoms with Gasteiger partial charge in [0, 0.05) is 43.5 Å². The highest BCUT2D eigenvalue weighted by Gasteiger charge is 2.33. The Labute approximate surface area is 164 Å². The van der Waals surface area contributed by atoms with Crippen LogP contribution in [0.2, 0.25) is 0 Å². The van der Waals surface area contributed by atoms with E-state index in [2.05, 4.69) is 0 Å². The fourth-order valence-corrected chi connectivity index (χ4v) is 3.83. The lowest BCUT2D eigenvalue weighted by Gasteiger charge is -2.19. The Kier molecular flexibility index (Phi) is 5.30. The molecular weight excluding hydrogens is 356 g/mol. The predicted octanol–water partition coefficient (Wildman–Crippen LogP) is 2.37. The summed E-state index contributed by atoms with van der Waals surface area (Å²) in [6, 6.07) is 15.1. The van der Waals surface area contributed by atoms with Gasteiger partial charge in [0.15, 0.2) is 17.3 Å². The number of rotatable bonds is 5. The molecule has 1 fully saturated rings. The van der Waals surface area contributed by atoms with E-state index < -0.39 is 0 Å². The lowest BCUT2D eigenvalue weighted by atomic mass is 9.95. The van der Waals surface area contributed by atoms with Crippen LogP contribution < -0.4 is 15.2 Å². The molecule has 2 aromatic carbocycles. The van der Waals surface area contributed by atoms with Crippen molar-refractivity contribution in [2.75, 3.05) is 26.3 Å². The number of fused-ring (bicyclic) bond motifs is 1. The summed E-state index contributed by atoms with van der Waals surface area (Å²) in [6.45, 7) is 2.11. The van der Waals surface area contributed by atoms with Crippen LogP contribution in [-0.4, -0.2) is 48.9 Å². The van der Waals surface area contributed by atoms with E-state index >= 15 is 0 Å². The summed E-state index contributed by atoms with van der Waals surface area (Å²) in [7, 11) is 0. The second-order valence-corrected chi connectivity index (χ2v) is 7.26. The van der Waals surface area contributed by atoms with Crippen molar-refractivity contribution in [2.45, 2.75) is 24.8 Å². The van der Waals surface area contributed by atoms with Gasteiger partial charge < -0.3 is 20.1 Å². The number of nitrogens with two attached hydrogens (primary N) is 1. The van der Waals surface area contributed by atoms with Crippen molar-refractivity contribution >= 4 is 11.7 Å². The fraction of sp³-hybridized carbons (Fsp3) is 0.364. The molecule has 0 aromatic heterocycles. The monoisotopic (exact) mass is 380 g/mol. The Bertz CT molecular complexity index is 868. The third-order valence-electron chi connectivity index (χ3n) is 5.38. The molecule has 4 rings (SSSR count). The standard InChI is InChI=1S/C22H24N2O4/c23-18-14-24(13-17(18)15-4-2-1-3-5-15)22(26)9-7-19(25)16-6-8-20-21(12-16)28-11-10-27-20/h1-6,8,12,17-18H,7,9-11,13-14,23H2/t17-,18+/m0/s1. The van der Waals surface area contributed by atoms with Crippen LogP contribution in [0.3, 0.4) is 0 Å². The van der Waals surface area contributed by atoms with Crippen molar-refractivity contribution in [3.05, 3.63) is 59.7 Å². The van der Waals surface area contributed by atoms with Gasteiger partial charge in [0.1, 0.15) is 13.2 Å². The number of carbonyl (C=O) groups excluding carboxylic acids is 2. The summed E-state index contributed by atoms with van der Waals surface area (Å²) >= 11 is 0. The molecular formula is C22H24N2O4. The highest BCUT2D eigenvalue weighted by molar-refractivity contribution is 5.98. The Balaban J connectivity index is 1.34. The molecule has 0 radical (unpaired) electrons. The number of carbonyl (C=O) groups is 2. The first-order chi connectivity index (χ1) is 13.6. The normalized spacial score (nSPS) is 20.8. The van der Waals surface area contributed by atoms with Gasteiger partial charge in [-0.2, -0.15) is 0 Å². The van der Waals surface area contributed by atoms with Crippen LogP contribution >= 0.6 is 0 Å². The first-order valence-electron chi connectivity index (χ1n) is 9.63. The summed E-state index contributed by atoms with van der Waals surface area (Å²) < 4.78 is 11.0. The third-order valence-corrected chi connectivity index (χ3v) is 5.38. The molecule has 2 N–H and O–H groups in total. The Hall–Kier alpha value is -2.86. The van der Waals surface area contributed by atoms with Gasteiger partial charge in [0.2, 0.25) is 5.91 Å². The summed E-state index contributed by atoms with van der Waals surface area (Å²) in [5.74, 6) is 1.27. The molecule has 2 aliphatic heterocycles. The van der Waals surface area contributed by atoms with Gasteiger partial charge in [-0.25, -0.2) is 0 Å². The zero-order chi connectivity index (χ0) is 19.5. The average molecular weight is 380 g/mol. The molecule has 1 saturated heterocycles. The SMILES string of the molecule is N[C@@H]1CN(C(=O)CCC(=O)c2ccc3c(c2)OCCO3)C[C@H]1c1ccccc1. The molecule has 6 heteroatoms. The lowest BCUT2D eigenvalue weighted by Crippen LogP contribution is -2.32. The summed E-state index contributed by atoms with van der Waals surface area (Å²) in [5.41, 5.74) is 7.95. The molecule has 0 bridgehead atoms. The van der Waals surface area contributed by atoms with E-state index in [-0.39, 0.29) is 36.5 Å². The van der Waals surface area contributed by atoms with Crippen LogP contribution in [0.5, 0.6) is 11.5 Å². The number of Topliss-reactive ketones (excluding diaryl/α,β-unsaturated/α-hetero) is 1. The number of nitrogens with zero attached hydrogens (tertiary/aromatic N) is 1. The first-order valence-corrected chi connectivity index (χ1v) is 9.63. The van der Waals surface area contributed by atoms with E-state index in [1.807, 2.05) is 30.3 Å². The van der Waals surface area contributed by atoms with Crippen LogP contribution in [0.4, 0.5) is 0 Å². The van der Waals surface area contributed by atoms with Crippen molar-refractivity contribution in [1.29, 1.82) is 0 Å². The van der Waals surface area contributed by atoms with Gasteiger partial charge >= 0.3 is 0 Å². The van der Waals surface area contributed by atoms with Gasteiger partial charge in [0.05, 0.1) is 0 Å². The zero-order valence-corrected chi connectivity index (χ0v) is 15.7. The van der Waals surface area contributed by atoms with Crippen molar-refractivity contribution in [2.24, 2.45) is 5.73 Å². The van der Waals surface area contributed by atoms with E-state index in [0.717, 1.165) is 5.56 Å². The average Bonchev–Trinajstić information content (AvgIpc) is 3.13. The summed E-state index contributed by atoms with van der Waals surface area (Å²) in [4.78, 5) is 26.9. The Morgan fingerprint density at radius 3 is 2.50 bits per heavy atom. The maximum atomic E-state index is 12.6. The van der Waals surface area contributed by atoms with Gasteiger partial charge in [0.25, 0.3) is 0 Å².